The fourth-order valence-electron chi connectivity index (χ4n) is 3.14. The first-order valence-electron chi connectivity index (χ1n) is 11.6. The van der Waals surface area contributed by atoms with Crippen molar-refractivity contribution in [3.63, 3.8) is 0 Å². The number of ether oxygens (including phenoxy) is 2. The molecule has 1 atom stereocenters. The van der Waals surface area contributed by atoms with Gasteiger partial charge in [-0.25, -0.2) is 4.79 Å². The summed E-state index contributed by atoms with van der Waals surface area (Å²) in [6.07, 6.45) is 10.0. The number of aliphatic carboxylic acids is 1. The van der Waals surface area contributed by atoms with Gasteiger partial charge in [0, 0.05) is 6.42 Å². The molecule has 180 valence electrons. The minimum absolute atomic E-state index is 0.0294. The van der Waals surface area contributed by atoms with Crippen LogP contribution in [0, 0.1) is 0 Å². The Morgan fingerprint density at radius 1 is 0.710 bits per heavy atom. The van der Waals surface area contributed by atoms with Gasteiger partial charge in [-0.2, -0.15) is 0 Å². The van der Waals surface area contributed by atoms with E-state index >= 15 is 0 Å². The maximum atomic E-state index is 12.2. The highest BCUT2D eigenvalue weighted by atomic mass is 16.6. The van der Waals surface area contributed by atoms with Crippen LogP contribution in [0.25, 0.3) is 0 Å². The molecule has 0 radical (unpaired) electrons. The summed E-state index contributed by atoms with van der Waals surface area (Å²) in [5.41, 5.74) is -2.56. The monoisotopic (exact) mass is 444 g/mol. The summed E-state index contributed by atoms with van der Waals surface area (Å²) in [5.74, 6) is -4.57. The lowest BCUT2D eigenvalue weighted by molar-refractivity contribution is -0.178. The van der Waals surface area contributed by atoms with Crippen molar-refractivity contribution in [2.24, 2.45) is 0 Å². The Kier molecular flexibility index (Phi) is 16.6. The summed E-state index contributed by atoms with van der Waals surface area (Å²) >= 11 is 0. The van der Waals surface area contributed by atoms with Crippen LogP contribution in [0.1, 0.15) is 110 Å². The third kappa shape index (κ3) is 15.5. The fraction of sp³-hybridized carbons (Fsp3) is 0.826. The van der Waals surface area contributed by atoms with Crippen molar-refractivity contribution in [3.05, 3.63) is 0 Å². The number of unbranched alkanes of at least 4 members (excludes halogenated alkanes) is 10. The summed E-state index contributed by atoms with van der Waals surface area (Å²) < 4.78 is 9.60. The summed E-state index contributed by atoms with van der Waals surface area (Å²) in [5, 5.41) is 19.4. The van der Waals surface area contributed by atoms with Crippen LogP contribution in [-0.4, -0.2) is 46.3 Å². The molecule has 0 saturated heterocycles. The Bertz CT molecular complexity index is 546. The van der Waals surface area contributed by atoms with Crippen molar-refractivity contribution in [3.8, 4) is 0 Å². The predicted molar refractivity (Wildman–Crippen MR) is 115 cm³/mol. The van der Waals surface area contributed by atoms with Gasteiger partial charge in [-0.1, -0.05) is 78.1 Å². The van der Waals surface area contributed by atoms with Gasteiger partial charge in [0.2, 0.25) is 0 Å². The van der Waals surface area contributed by atoms with Gasteiger partial charge in [-0.3, -0.25) is 14.4 Å². The molecule has 0 aromatic rings. The smallest absolute Gasteiger partial charge is 0.339 e. The Balaban J connectivity index is 4.34. The maximum Gasteiger partial charge on any atom is 0.339 e. The van der Waals surface area contributed by atoms with E-state index in [0.717, 1.165) is 32.1 Å². The average molecular weight is 445 g/mol. The molecule has 0 heterocycles. The van der Waals surface area contributed by atoms with Gasteiger partial charge in [0.15, 0.2) is 5.60 Å². The van der Waals surface area contributed by atoms with Gasteiger partial charge >= 0.3 is 23.9 Å². The molecule has 31 heavy (non-hydrogen) atoms. The van der Waals surface area contributed by atoms with Crippen LogP contribution in [0.2, 0.25) is 0 Å². The van der Waals surface area contributed by atoms with Crippen LogP contribution < -0.4 is 0 Å². The SMILES string of the molecule is CCCCCCCCCCCOC(=O)C(O)(CC(=O)O)CC(=O)OC(=O)CCCCC. The van der Waals surface area contributed by atoms with Crippen molar-refractivity contribution in [1.29, 1.82) is 0 Å². The zero-order valence-electron chi connectivity index (χ0n) is 19.2. The molecule has 0 saturated carbocycles. The van der Waals surface area contributed by atoms with E-state index in [0.29, 0.717) is 12.8 Å². The van der Waals surface area contributed by atoms with Crippen LogP contribution in [0.3, 0.4) is 0 Å². The average Bonchev–Trinajstić information content (AvgIpc) is 2.68. The molecule has 0 fully saturated rings. The number of carbonyl (C=O) groups is 4. The lowest BCUT2D eigenvalue weighted by Gasteiger charge is -2.23. The van der Waals surface area contributed by atoms with Crippen LogP contribution in [-0.2, 0) is 28.7 Å². The highest BCUT2D eigenvalue weighted by Crippen LogP contribution is 2.20. The number of esters is 3. The molecule has 0 bridgehead atoms. The summed E-state index contributed by atoms with van der Waals surface area (Å²) in [4.78, 5) is 46.8. The fourth-order valence-corrected chi connectivity index (χ4v) is 3.14. The number of rotatable bonds is 19. The van der Waals surface area contributed by atoms with Crippen molar-refractivity contribution in [2.45, 2.75) is 116 Å². The highest BCUT2D eigenvalue weighted by molar-refractivity contribution is 5.92. The van der Waals surface area contributed by atoms with E-state index in [9.17, 15) is 24.3 Å². The molecule has 0 rings (SSSR count). The van der Waals surface area contributed by atoms with E-state index in [1.807, 2.05) is 6.92 Å². The van der Waals surface area contributed by atoms with Crippen LogP contribution >= 0.6 is 0 Å². The molecule has 0 aliphatic rings. The molecule has 0 aliphatic carbocycles. The lowest BCUT2D eigenvalue weighted by atomic mass is 9.95. The Labute approximate surface area is 185 Å². The van der Waals surface area contributed by atoms with E-state index in [-0.39, 0.29) is 13.0 Å². The lowest BCUT2D eigenvalue weighted by Crippen LogP contribution is -2.44. The minimum Gasteiger partial charge on any atom is -0.481 e. The van der Waals surface area contributed by atoms with Crippen molar-refractivity contribution in [2.75, 3.05) is 6.61 Å². The predicted octanol–water partition coefficient (Wildman–Crippen LogP) is 4.31. The molecule has 0 aromatic heterocycles. The van der Waals surface area contributed by atoms with Gasteiger partial charge in [0.1, 0.15) is 0 Å². The highest BCUT2D eigenvalue weighted by Gasteiger charge is 2.43. The molecule has 0 aliphatic heterocycles. The second-order valence-corrected chi connectivity index (χ2v) is 8.05. The summed E-state index contributed by atoms with van der Waals surface area (Å²) in [7, 11) is 0. The van der Waals surface area contributed by atoms with Crippen molar-refractivity contribution in [1.82, 2.24) is 0 Å². The van der Waals surface area contributed by atoms with E-state index in [4.69, 9.17) is 9.84 Å². The number of hydrogen-bond donors (Lipinski definition) is 2. The minimum atomic E-state index is -2.56. The zero-order chi connectivity index (χ0) is 23.5. The maximum absolute atomic E-state index is 12.2. The van der Waals surface area contributed by atoms with Gasteiger partial charge < -0.3 is 19.7 Å². The van der Waals surface area contributed by atoms with E-state index in [2.05, 4.69) is 11.7 Å². The standard InChI is InChI=1S/C23H40O8/c1-3-5-7-8-9-10-11-12-14-16-30-22(28)23(29,17-19(24)25)18-21(27)31-20(26)15-13-6-4-2/h29H,3-18H2,1-2H3,(H,24,25). The number of aliphatic hydroxyl groups is 1. The van der Waals surface area contributed by atoms with Gasteiger partial charge in [-0.05, 0) is 12.8 Å². The molecule has 0 amide bonds. The normalized spacial score (nSPS) is 12.7. The van der Waals surface area contributed by atoms with E-state index < -0.39 is 42.3 Å². The van der Waals surface area contributed by atoms with Crippen molar-refractivity contribution < 1.29 is 38.9 Å². The van der Waals surface area contributed by atoms with E-state index in [1.165, 1.54) is 32.1 Å². The molecule has 8 heteroatoms. The van der Waals surface area contributed by atoms with Crippen LogP contribution in [0.5, 0.6) is 0 Å². The first-order valence-corrected chi connectivity index (χ1v) is 11.6. The third-order valence-corrected chi connectivity index (χ3v) is 4.95. The second-order valence-electron chi connectivity index (χ2n) is 8.05. The molecule has 0 aromatic carbocycles. The van der Waals surface area contributed by atoms with Crippen LogP contribution in [0.4, 0.5) is 0 Å². The van der Waals surface area contributed by atoms with Crippen LogP contribution in [0.15, 0.2) is 0 Å². The molecule has 1 unspecified atom stereocenters. The second kappa shape index (κ2) is 17.7. The van der Waals surface area contributed by atoms with Gasteiger partial charge in [0.25, 0.3) is 0 Å². The largest absolute Gasteiger partial charge is 0.481 e. The first kappa shape index (κ1) is 29.0. The third-order valence-electron chi connectivity index (χ3n) is 4.95. The summed E-state index contributed by atoms with van der Waals surface area (Å²) in [6.45, 7) is 4.17. The zero-order valence-corrected chi connectivity index (χ0v) is 19.2. The number of carboxylic acid groups (broad SMARTS) is 1. The molecular formula is C23H40O8. The molecule has 2 N–H and O–H groups in total. The topological polar surface area (TPSA) is 127 Å². The van der Waals surface area contributed by atoms with E-state index in [1.54, 1.807) is 0 Å². The number of carbonyl (C=O) groups excluding carboxylic acids is 3. The quantitative estimate of drug-likeness (QED) is 0.171. The molecular weight excluding hydrogens is 404 g/mol. The number of hydrogen-bond acceptors (Lipinski definition) is 7. The Hall–Kier alpha value is -1.96. The summed E-state index contributed by atoms with van der Waals surface area (Å²) in [6, 6.07) is 0. The van der Waals surface area contributed by atoms with Gasteiger partial charge in [0.05, 0.1) is 19.4 Å². The molecule has 0 spiro atoms. The van der Waals surface area contributed by atoms with Crippen molar-refractivity contribution >= 4 is 23.9 Å². The number of carboxylic acids is 1. The molecule has 8 nitrogen and oxygen atoms in total. The Morgan fingerprint density at radius 2 is 1.23 bits per heavy atom. The Morgan fingerprint density at radius 3 is 1.77 bits per heavy atom. The first-order chi connectivity index (χ1) is 14.7. The van der Waals surface area contributed by atoms with Gasteiger partial charge in [-0.15, -0.1) is 0 Å².